The molecule has 0 heterocycles. The molecule has 1 aromatic rings. The molecule has 0 spiro atoms. The Balaban J connectivity index is 1.73. The van der Waals surface area contributed by atoms with Gasteiger partial charge in [-0.05, 0) is 50.0 Å². The van der Waals surface area contributed by atoms with E-state index < -0.39 is 5.60 Å². The molecule has 0 atom stereocenters. The Hall–Kier alpha value is -1.35. The van der Waals surface area contributed by atoms with Gasteiger partial charge in [0.15, 0.2) is 0 Å². The third-order valence-corrected chi connectivity index (χ3v) is 6.31. The Kier molecular flexibility index (Phi) is 6.52. The molecule has 138 valence electrons. The molecule has 2 fully saturated rings. The molecule has 0 aliphatic heterocycles. The average Bonchev–Trinajstić information content (AvgIpc) is 2.69. The summed E-state index contributed by atoms with van der Waals surface area (Å²) in [6.45, 7) is 2.44. The molecule has 2 aliphatic rings. The molecule has 0 amide bonds. The second kappa shape index (κ2) is 8.84. The van der Waals surface area contributed by atoms with Crippen LogP contribution in [-0.4, -0.2) is 16.4 Å². The summed E-state index contributed by atoms with van der Waals surface area (Å²) in [5.74, 6) is 0.682. The van der Waals surface area contributed by atoms with Gasteiger partial charge in [0.1, 0.15) is 12.2 Å². The number of hydrogen-bond donors (Lipinski definition) is 1. The number of aliphatic hydroxyl groups is 1. The van der Waals surface area contributed by atoms with Crippen LogP contribution in [0.15, 0.2) is 35.5 Å². The smallest absolute Gasteiger partial charge is 0.142 e. The Morgan fingerprint density at radius 2 is 1.48 bits per heavy atom. The van der Waals surface area contributed by atoms with E-state index in [0.29, 0.717) is 18.4 Å². The summed E-state index contributed by atoms with van der Waals surface area (Å²) in [5.41, 5.74) is 1.12. The molecule has 3 heteroatoms. The summed E-state index contributed by atoms with van der Waals surface area (Å²) in [7, 11) is 0. The molecule has 0 bridgehead atoms. The predicted octanol–water partition coefficient (Wildman–Crippen LogP) is 5.47. The lowest BCUT2D eigenvalue weighted by Crippen LogP contribution is -2.52. The maximum absolute atomic E-state index is 11.8. The molecule has 3 rings (SSSR count). The zero-order valence-electron chi connectivity index (χ0n) is 15.6. The summed E-state index contributed by atoms with van der Waals surface area (Å²) in [6.07, 6.45) is 12.0. The highest BCUT2D eigenvalue weighted by atomic mass is 16.6. The minimum absolute atomic E-state index is 0.341. The maximum atomic E-state index is 11.8. The Morgan fingerprint density at radius 3 is 2.00 bits per heavy atom. The van der Waals surface area contributed by atoms with Crippen LogP contribution in [0.1, 0.15) is 76.7 Å². The lowest BCUT2D eigenvalue weighted by Gasteiger charge is -2.45. The largest absolute Gasteiger partial charge is 0.391 e. The highest BCUT2D eigenvalue weighted by Gasteiger charge is 2.46. The Morgan fingerprint density at radius 1 is 0.960 bits per heavy atom. The van der Waals surface area contributed by atoms with Crippen molar-refractivity contribution >= 4 is 5.71 Å². The van der Waals surface area contributed by atoms with E-state index in [9.17, 15) is 5.11 Å². The molecule has 0 unspecified atom stereocenters. The van der Waals surface area contributed by atoms with E-state index in [0.717, 1.165) is 37.0 Å². The van der Waals surface area contributed by atoms with Crippen molar-refractivity contribution in [3.63, 3.8) is 0 Å². The average molecular weight is 344 g/mol. The van der Waals surface area contributed by atoms with Gasteiger partial charge in [0, 0.05) is 0 Å². The first-order chi connectivity index (χ1) is 12.2. The molecular weight excluding hydrogens is 310 g/mol. The van der Waals surface area contributed by atoms with Crippen LogP contribution in [0.4, 0.5) is 0 Å². The number of benzene rings is 1. The fourth-order valence-corrected chi connectivity index (χ4v) is 4.86. The summed E-state index contributed by atoms with van der Waals surface area (Å²) < 4.78 is 0. The highest BCUT2D eigenvalue weighted by Crippen LogP contribution is 2.43. The van der Waals surface area contributed by atoms with Crippen LogP contribution in [0.5, 0.6) is 0 Å². The van der Waals surface area contributed by atoms with E-state index in [4.69, 9.17) is 4.84 Å². The normalized spacial score (nSPS) is 21.3. The van der Waals surface area contributed by atoms with Gasteiger partial charge < -0.3 is 9.94 Å². The van der Waals surface area contributed by atoms with Crippen molar-refractivity contribution in [1.82, 2.24) is 0 Å². The number of oxime groups is 1. The van der Waals surface area contributed by atoms with Gasteiger partial charge in [0.25, 0.3) is 0 Å². The van der Waals surface area contributed by atoms with Gasteiger partial charge in [0.2, 0.25) is 0 Å². The summed E-state index contributed by atoms with van der Waals surface area (Å²) in [6, 6.07) is 10.1. The van der Waals surface area contributed by atoms with Gasteiger partial charge in [-0.25, -0.2) is 0 Å². The van der Waals surface area contributed by atoms with Crippen molar-refractivity contribution in [2.45, 2.75) is 83.3 Å². The lowest BCUT2D eigenvalue weighted by molar-refractivity contribution is -0.0384. The quantitative estimate of drug-likeness (QED) is 0.549. The van der Waals surface area contributed by atoms with Crippen molar-refractivity contribution in [1.29, 1.82) is 0 Å². The summed E-state index contributed by atoms with van der Waals surface area (Å²) in [5, 5.41) is 16.2. The third-order valence-electron chi connectivity index (χ3n) is 6.31. The fourth-order valence-electron chi connectivity index (χ4n) is 4.86. The first-order valence-corrected chi connectivity index (χ1v) is 10.1. The molecule has 0 aromatic heterocycles. The van der Waals surface area contributed by atoms with Gasteiger partial charge >= 0.3 is 0 Å². The van der Waals surface area contributed by atoms with Crippen LogP contribution in [-0.2, 0) is 11.4 Å². The van der Waals surface area contributed by atoms with E-state index in [1.807, 2.05) is 37.3 Å². The zero-order valence-corrected chi connectivity index (χ0v) is 15.6. The highest BCUT2D eigenvalue weighted by molar-refractivity contribution is 5.90. The first-order valence-electron chi connectivity index (χ1n) is 10.1. The topological polar surface area (TPSA) is 41.8 Å². The van der Waals surface area contributed by atoms with Crippen LogP contribution < -0.4 is 0 Å². The third kappa shape index (κ3) is 4.44. The van der Waals surface area contributed by atoms with Gasteiger partial charge in [-0.1, -0.05) is 74.0 Å². The molecule has 25 heavy (non-hydrogen) atoms. The number of nitrogens with zero attached hydrogens (tertiary/aromatic N) is 1. The zero-order chi connectivity index (χ0) is 17.5. The Bertz CT molecular complexity index is 524. The predicted molar refractivity (Wildman–Crippen MR) is 102 cm³/mol. The molecule has 3 nitrogen and oxygen atoms in total. The van der Waals surface area contributed by atoms with Crippen molar-refractivity contribution in [3.8, 4) is 0 Å². The van der Waals surface area contributed by atoms with Crippen molar-refractivity contribution < 1.29 is 9.94 Å². The van der Waals surface area contributed by atoms with E-state index >= 15 is 0 Å². The molecule has 2 saturated carbocycles. The second-order valence-corrected chi connectivity index (χ2v) is 7.93. The van der Waals surface area contributed by atoms with Crippen molar-refractivity contribution in [2.24, 2.45) is 17.0 Å². The van der Waals surface area contributed by atoms with E-state index in [1.54, 1.807) is 0 Å². The van der Waals surface area contributed by atoms with E-state index in [-0.39, 0.29) is 0 Å². The standard InChI is InChI=1S/C22H33NO2/c1-18(23-25-17-19-11-5-2-6-12-19)22(24,20-13-7-3-8-14-20)21-15-9-4-10-16-21/h2,5-6,11-12,20-21,24H,3-4,7-10,13-17H2,1H3/b23-18+. The van der Waals surface area contributed by atoms with Crippen LogP contribution in [0, 0.1) is 11.8 Å². The van der Waals surface area contributed by atoms with Crippen LogP contribution >= 0.6 is 0 Å². The molecule has 0 radical (unpaired) electrons. The second-order valence-electron chi connectivity index (χ2n) is 7.93. The fraction of sp³-hybridized carbons (Fsp3) is 0.682. The van der Waals surface area contributed by atoms with Gasteiger partial charge in [-0.15, -0.1) is 0 Å². The summed E-state index contributed by atoms with van der Waals surface area (Å²) >= 11 is 0. The van der Waals surface area contributed by atoms with Crippen LogP contribution in [0.25, 0.3) is 0 Å². The monoisotopic (exact) mass is 343 g/mol. The summed E-state index contributed by atoms with van der Waals surface area (Å²) in [4.78, 5) is 5.64. The van der Waals surface area contributed by atoms with E-state index in [2.05, 4.69) is 5.16 Å². The minimum Gasteiger partial charge on any atom is -0.391 e. The van der Waals surface area contributed by atoms with Gasteiger partial charge in [-0.2, -0.15) is 0 Å². The molecule has 2 aliphatic carbocycles. The lowest BCUT2D eigenvalue weighted by atomic mass is 9.64. The van der Waals surface area contributed by atoms with Gasteiger partial charge in [0.05, 0.1) is 5.71 Å². The van der Waals surface area contributed by atoms with Crippen LogP contribution in [0.3, 0.4) is 0 Å². The molecule has 1 aromatic carbocycles. The SMILES string of the molecule is C/C(=N\OCc1ccccc1)C(O)(C1CCCCC1)C1CCCCC1. The number of hydrogen-bond acceptors (Lipinski definition) is 3. The van der Waals surface area contributed by atoms with E-state index in [1.165, 1.54) is 38.5 Å². The van der Waals surface area contributed by atoms with Crippen molar-refractivity contribution in [2.75, 3.05) is 0 Å². The van der Waals surface area contributed by atoms with Gasteiger partial charge in [-0.3, -0.25) is 0 Å². The molecular formula is C22H33NO2. The maximum Gasteiger partial charge on any atom is 0.142 e. The van der Waals surface area contributed by atoms with Crippen molar-refractivity contribution in [3.05, 3.63) is 35.9 Å². The van der Waals surface area contributed by atoms with Crippen LogP contribution in [0.2, 0.25) is 0 Å². The number of rotatable bonds is 6. The first kappa shape index (κ1) is 18.4. The minimum atomic E-state index is -0.780. The Labute approximate surface area is 152 Å². The molecule has 0 saturated heterocycles. The molecule has 1 N–H and O–H groups in total.